The molecule has 4 heteroatoms. The summed E-state index contributed by atoms with van der Waals surface area (Å²) < 4.78 is 3.99. The Balaban J connectivity index is 1.91. The fourth-order valence-corrected chi connectivity index (χ4v) is 2.04. The average Bonchev–Trinajstić information content (AvgIpc) is 2.80. The first-order valence-corrected chi connectivity index (χ1v) is 5.10. The van der Waals surface area contributed by atoms with E-state index in [1.807, 2.05) is 7.05 Å². The Hall–Kier alpha value is -0.480. The zero-order chi connectivity index (χ0) is 8.39. The molecule has 0 spiro atoms. The van der Waals surface area contributed by atoms with E-state index in [4.69, 9.17) is 0 Å². The van der Waals surface area contributed by atoms with Crippen molar-refractivity contribution in [3.05, 3.63) is 11.3 Å². The van der Waals surface area contributed by atoms with Crippen LogP contribution >= 0.6 is 11.5 Å². The minimum absolute atomic E-state index is 0.623. The van der Waals surface area contributed by atoms with Gasteiger partial charge in [0.1, 0.15) is 11.3 Å². The fourth-order valence-electron chi connectivity index (χ4n) is 1.48. The molecule has 1 aromatic rings. The van der Waals surface area contributed by atoms with Crippen molar-refractivity contribution in [1.29, 1.82) is 0 Å². The number of nitrogens with one attached hydrogen (secondary N) is 1. The molecule has 12 heavy (non-hydrogen) atoms. The van der Waals surface area contributed by atoms with Crippen molar-refractivity contribution in [2.75, 3.05) is 7.05 Å². The van der Waals surface area contributed by atoms with Crippen molar-refractivity contribution in [3.8, 4) is 0 Å². The molecule has 0 radical (unpaired) electrons. The lowest BCUT2D eigenvalue weighted by atomic mass is 10.1. The third-order valence-corrected chi connectivity index (χ3v) is 3.05. The van der Waals surface area contributed by atoms with Crippen LogP contribution in [0, 0.1) is 5.92 Å². The Morgan fingerprint density at radius 2 is 2.58 bits per heavy atom. The molecule has 1 heterocycles. The molecular weight excluding hydrogens is 170 g/mol. The van der Waals surface area contributed by atoms with E-state index in [-0.39, 0.29) is 0 Å². The lowest BCUT2D eigenvalue weighted by Gasteiger charge is -2.12. The third-order valence-electron chi connectivity index (χ3n) is 2.36. The highest BCUT2D eigenvalue weighted by atomic mass is 32.1. The highest BCUT2D eigenvalue weighted by Gasteiger charge is 2.30. The Morgan fingerprint density at radius 3 is 3.08 bits per heavy atom. The maximum absolute atomic E-state index is 4.18. The summed E-state index contributed by atoms with van der Waals surface area (Å²) in [6.07, 6.45) is 5.44. The Bertz CT molecular complexity index is 230. The zero-order valence-corrected chi connectivity index (χ0v) is 7.97. The summed E-state index contributed by atoms with van der Waals surface area (Å²) in [7, 11) is 2.03. The van der Waals surface area contributed by atoms with Gasteiger partial charge in [0.05, 0.1) is 0 Å². The van der Waals surface area contributed by atoms with E-state index in [1.54, 1.807) is 6.33 Å². The van der Waals surface area contributed by atoms with E-state index in [0.717, 1.165) is 17.3 Å². The molecule has 1 aliphatic rings. The van der Waals surface area contributed by atoms with Gasteiger partial charge in [0.15, 0.2) is 0 Å². The van der Waals surface area contributed by atoms with E-state index in [0.29, 0.717) is 6.04 Å². The van der Waals surface area contributed by atoms with Gasteiger partial charge in [0, 0.05) is 12.5 Å². The van der Waals surface area contributed by atoms with Gasteiger partial charge in [0.2, 0.25) is 0 Å². The van der Waals surface area contributed by atoms with E-state index in [1.165, 1.54) is 24.4 Å². The van der Waals surface area contributed by atoms with Crippen LogP contribution in [0.2, 0.25) is 0 Å². The van der Waals surface area contributed by atoms with Crippen LogP contribution in [0.3, 0.4) is 0 Å². The van der Waals surface area contributed by atoms with Gasteiger partial charge in [0.25, 0.3) is 0 Å². The molecule has 2 rings (SSSR count). The summed E-state index contributed by atoms with van der Waals surface area (Å²) in [6.45, 7) is 0. The van der Waals surface area contributed by atoms with Crippen LogP contribution in [0.15, 0.2) is 6.33 Å². The van der Waals surface area contributed by atoms with Crippen molar-refractivity contribution in [3.63, 3.8) is 0 Å². The Morgan fingerprint density at radius 1 is 1.75 bits per heavy atom. The highest BCUT2D eigenvalue weighted by Crippen LogP contribution is 2.33. The van der Waals surface area contributed by atoms with Crippen molar-refractivity contribution < 1.29 is 0 Å². The molecule has 0 saturated heterocycles. The lowest BCUT2D eigenvalue weighted by molar-refractivity contribution is 0.499. The van der Waals surface area contributed by atoms with Gasteiger partial charge in [-0.2, -0.15) is 4.37 Å². The van der Waals surface area contributed by atoms with Crippen LogP contribution in [0.1, 0.15) is 17.8 Å². The summed E-state index contributed by atoms with van der Waals surface area (Å²) in [6, 6.07) is 0.623. The minimum Gasteiger partial charge on any atom is -0.316 e. The van der Waals surface area contributed by atoms with E-state index in [2.05, 4.69) is 14.7 Å². The van der Waals surface area contributed by atoms with Crippen molar-refractivity contribution in [2.45, 2.75) is 25.3 Å². The molecule has 1 N–H and O–H groups in total. The second-order valence-electron chi connectivity index (χ2n) is 3.27. The first-order valence-electron chi connectivity index (χ1n) is 4.33. The number of likely N-dealkylation sites (N-methyl/N-ethyl adjacent to an activating group) is 1. The quantitative estimate of drug-likeness (QED) is 0.759. The molecule has 66 valence electrons. The van der Waals surface area contributed by atoms with Gasteiger partial charge in [-0.3, -0.25) is 0 Å². The predicted octanol–water partition coefficient (Wildman–Crippen LogP) is 1.08. The van der Waals surface area contributed by atoms with Crippen molar-refractivity contribution in [2.24, 2.45) is 5.92 Å². The predicted molar refractivity (Wildman–Crippen MR) is 49.2 cm³/mol. The SMILES string of the molecule is CNC(Cc1ncns1)C1CC1. The average molecular weight is 183 g/mol. The summed E-state index contributed by atoms with van der Waals surface area (Å²) in [5.74, 6) is 0.888. The summed E-state index contributed by atoms with van der Waals surface area (Å²) in [5, 5.41) is 4.50. The fraction of sp³-hybridized carbons (Fsp3) is 0.750. The molecule has 1 fully saturated rings. The monoisotopic (exact) mass is 183 g/mol. The van der Waals surface area contributed by atoms with Gasteiger partial charge in [-0.05, 0) is 37.3 Å². The molecule has 0 aliphatic heterocycles. The number of aromatic nitrogens is 2. The number of hydrogen-bond donors (Lipinski definition) is 1. The molecule has 1 aromatic heterocycles. The number of rotatable bonds is 4. The summed E-state index contributed by atoms with van der Waals surface area (Å²) in [5.41, 5.74) is 0. The standard InChI is InChI=1S/C8H13N3S/c1-9-7(6-2-3-6)4-8-10-5-11-12-8/h5-7,9H,2-4H2,1H3. The maximum atomic E-state index is 4.18. The van der Waals surface area contributed by atoms with E-state index in [9.17, 15) is 0 Å². The first-order chi connectivity index (χ1) is 5.90. The van der Waals surface area contributed by atoms with Gasteiger partial charge >= 0.3 is 0 Å². The van der Waals surface area contributed by atoms with Crippen LogP contribution in [0.5, 0.6) is 0 Å². The molecule has 0 aromatic carbocycles. The minimum atomic E-state index is 0.623. The number of nitrogens with zero attached hydrogens (tertiary/aromatic N) is 2. The van der Waals surface area contributed by atoms with Crippen molar-refractivity contribution in [1.82, 2.24) is 14.7 Å². The van der Waals surface area contributed by atoms with Gasteiger partial charge in [-0.25, -0.2) is 4.98 Å². The molecule has 3 nitrogen and oxygen atoms in total. The normalized spacial score (nSPS) is 19.4. The van der Waals surface area contributed by atoms with E-state index >= 15 is 0 Å². The Kier molecular flexibility index (Phi) is 2.37. The van der Waals surface area contributed by atoms with Crippen molar-refractivity contribution >= 4 is 11.5 Å². The third kappa shape index (κ3) is 1.81. The molecule has 1 atom stereocenters. The van der Waals surface area contributed by atoms with Gasteiger partial charge in [-0.1, -0.05) is 0 Å². The maximum Gasteiger partial charge on any atom is 0.129 e. The first kappa shape index (κ1) is 8.13. The molecule has 1 aliphatic carbocycles. The van der Waals surface area contributed by atoms with Crippen LogP contribution in [0.25, 0.3) is 0 Å². The van der Waals surface area contributed by atoms with E-state index < -0.39 is 0 Å². The lowest BCUT2D eigenvalue weighted by Crippen LogP contribution is -2.29. The Labute approximate surface area is 76.4 Å². The molecule has 0 amide bonds. The van der Waals surface area contributed by atoms with Crippen LogP contribution in [-0.4, -0.2) is 22.4 Å². The number of hydrogen-bond acceptors (Lipinski definition) is 4. The second-order valence-corrected chi connectivity index (χ2v) is 4.14. The molecular formula is C8H13N3S. The highest BCUT2D eigenvalue weighted by molar-refractivity contribution is 7.05. The molecule has 1 unspecified atom stereocenters. The second kappa shape index (κ2) is 3.49. The van der Waals surface area contributed by atoms with Gasteiger partial charge in [-0.15, -0.1) is 0 Å². The topological polar surface area (TPSA) is 37.8 Å². The molecule has 1 saturated carbocycles. The van der Waals surface area contributed by atoms with Crippen LogP contribution in [0.4, 0.5) is 0 Å². The zero-order valence-electron chi connectivity index (χ0n) is 7.16. The van der Waals surface area contributed by atoms with Crippen LogP contribution < -0.4 is 5.32 Å². The summed E-state index contributed by atoms with van der Waals surface area (Å²) in [4.78, 5) is 4.18. The largest absolute Gasteiger partial charge is 0.316 e. The van der Waals surface area contributed by atoms with Gasteiger partial charge < -0.3 is 5.32 Å². The smallest absolute Gasteiger partial charge is 0.129 e. The summed E-state index contributed by atoms with van der Waals surface area (Å²) >= 11 is 1.51. The molecule has 0 bridgehead atoms. The van der Waals surface area contributed by atoms with Crippen LogP contribution in [-0.2, 0) is 6.42 Å².